The molecular formula is C9H16ClNS. The van der Waals surface area contributed by atoms with Gasteiger partial charge >= 0.3 is 0 Å². The number of nitrogens with two attached hydrogens (primary N) is 1. The van der Waals surface area contributed by atoms with Crippen LogP contribution >= 0.6 is 23.7 Å². The Morgan fingerprint density at radius 2 is 2.00 bits per heavy atom. The molecule has 0 unspecified atom stereocenters. The fourth-order valence-electron chi connectivity index (χ4n) is 1.21. The van der Waals surface area contributed by atoms with Crippen molar-refractivity contribution in [2.75, 3.05) is 0 Å². The molecule has 1 aromatic heterocycles. The van der Waals surface area contributed by atoms with Crippen molar-refractivity contribution in [2.45, 2.75) is 32.2 Å². The van der Waals surface area contributed by atoms with Gasteiger partial charge in [0.25, 0.3) is 0 Å². The molecular weight excluding hydrogens is 190 g/mol. The zero-order valence-electron chi connectivity index (χ0n) is 7.54. The number of halogens is 1. The number of hydrogen-bond acceptors (Lipinski definition) is 2. The Kier molecular flexibility index (Phi) is 4.83. The van der Waals surface area contributed by atoms with Crippen LogP contribution in [0.3, 0.4) is 0 Å². The van der Waals surface area contributed by atoms with Gasteiger partial charge in [0.2, 0.25) is 0 Å². The Hall–Kier alpha value is -0.0500. The molecule has 0 atom stereocenters. The zero-order valence-corrected chi connectivity index (χ0v) is 9.17. The maximum absolute atomic E-state index is 6.17. The predicted molar refractivity (Wildman–Crippen MR) is 58.0 cm³/mol. The first kappa shape index (κ1) is 11.9. The second kappa shape index (κ2) is 4.85. The van der Waals surface area contributed by atoms with E-state index < -0.39 is 0 Å². The third kappa shape index (κ3) is 2.22. The summed E-state index contributed by atoms with van der Waals surface area (Å²) in [5.74, 6) is 0. The van der Waals surface area contributed by atoms with Crippen LogP contribution in [0.5, 0.6) is 0 Å². The van der Waals surface area contributed by atoms with Crippen LogP contribution in [0, 0.1) is 0 Å². The highest BCUT2D eigenvalue weighted by atomic mass is 35.5. The van der Waals surface area contributed by atoms with Crippen molar-refractivity contribution in [2.24, 2.45) is 5.73 Å². The molecule has 0 saturated heterocycles. The average molecular weight is 206 g/mol. The molecule has 0 saturated carbocycles. The smallest absolute Gasteiger partial charge is 0.0412 e. The van der Waals surface area contributed by atoms with Crippen LogP contribution in [0.25, 0.3) is 0 Å². The van der Waals surface area contributed by atoms with Crippen molar-refractivity contribution in [3.63, 3.8) is 0 Å². The van der Waals surface area contributed by atoms with Gasteiger partial charge in [-0.05, 0) is 35.2 Å². The maximum atomic E-state index is 6.17. The second-order valence-corrected chi connectivity index (χ2v) is 3.66. The van der Waals surface area contributed by atoms with E-state index in [9.17, 15) is 0 Å². The molecule has 0 amide bonds. The van der Waals surface area contributed by atoms with E-state index in [-0.39, 0.29) is 17.9 Å². The SMILES string of the molecule is CCC(N)(CC)c1ccsc1.Cl. The highest BCUT2D eigenvalue weighted by Crippen LogP contribution is 2.26. The highest BCUT2D eigenvalue weighted by molar-refractivity contribution is 7.08. The Balaban J connectivity index is 0.00000121. The lowest BCUT2D eigenvalue weighted by atomic mass is 9.88. The quantitative estimate of drug-likeness (QED) is 0.806. The van der Waals surface area contributed by atoms with Crippen molar-refractivity contribution >= 4 is 23.7 Å². The van der Waals surface area contributed by atoms with E-state index in [4.69, 9.17) is 5.73 Å². The van der Waals surface area contributed by atoms with Crippen LogP contribution in [-0.2, 0) is 5.54 Å². The van der Waals surface area contributed by atoms with Gasteiger partial charge in [0.1, 0.15) is 0 Å². The lowest BCUT2D eigenvalue weighted by Gasteiger charge is -2.25. The summed E-state index contributed by atoms with van der Waals surface area (Å²) in [5.41, 5.74) is 7.37. The van der Waals surface area contributed by atoms with Gasteiger partial charge in [-0.3, -0.25) is 0 Å². The Bertz CT molecular complexity index is 204. The van der Waals surface area contributed by atoms with E-state index in [0.717, 1.165) is 12.8 Å². The molecule has 0 aliphatic heterocycles. The summed E-state index contributed by atoms with van der Waals surface area (Å²) >= 11 is 1.72. The van der Waals surface area contributed by atoms with E-state index in [2.05, 4.69) is 30.7 Å². The number of hydrogen-bond donors (Lipinski definition) is 1. The largest absolute Gasteiger partial charge is 0.321 e. The summed E-state index contributed by atoms with van der Waals surface area (Å²) in [7, 11) is 0. The van der Waals surface area contributed by atoms with Crippen molar-refractivity contribution < 1.29 is 0 Å². The van der Waals surface area contributed by atoms with Crippen LogP contribution in [-0.4, -0.2) is 0 Å². The minimum absolute atomic E-state index is 0. The van der Waals surface area contributed by atoms with Gasteiger partial charge in [-0.15, -0.1) is 12.4 Å². The van der Waals surface area contributed by atoms with Crippen LogP contribution in [0.1, 0.15) is 32.3 Å². The molecule has 2 N–H and O–H groups in total. The summed E-state index contributed by atoms with van der Waals surface area (Å²) in [6.45, 7) is 4.28. The molecule has 0 spiro atoms. The molecule has 0 aromatic carbocycles. The topological polar surface area (TPSA) is 26.0 Å². The van der Waals surface area contributed by atoms with Crippen LogP contribution in [0.4, 0.5) is 0 Å². The van der Waals surface area contributed by atoms with Gasteiger partial charge in [-0.2, -0.15) is 11.3 Å². The molecule has 0 bridgehead atoms. The molecule has 3 heteroatoms. The van der Waals surface area contributed by atoms with Crippen molar-refractivity contribution in [3.05, 3.63) is 22.4 Å². The summed E-state index contributed by atoms with van der Waals surface area (Å²) in [6.07, 6.45) is 2.03. The molecule has 70 valence electrons. The molecule has 1 aromatic rings. The minimum atomic E-state index is -0.0833. The summed E-state index contributed by atoms with van der Waals surface area (Å²) in [6, 6.07) is 2.12. The van der Waals surface area contributed by atoms with Crippen LogP contribution in [0.2, 0.25) is 0 Å². The van der Waals surface area contributed by atoms with E-state index in [0.29, 0.717) is 0 Å². The first-order valence-electron chi connectivity index (χ1n) is 4.04. The predicted octanol–water partition coefficient (Wildman–Crippen LogP) is 3.14. The van der Waals surface area contributed by atoms with Gasteiger partial charge in [0, 0.05) is 5.54 Å². The monoisotopic (exact) mass is 205 g/mol. The lowest BCUT2D eigenvalue weighted by molar-refractivity contribution is 0.414. The van der Waals surface area contributed by atoms with Gasteiger partial charge in [-0.25, -0.2) is 0 Å². The second-order valence-electron chi connectivity index (χ2n) is 2.88. The fourth-order valence-corrected chi connectivity index (χ4v) is 1.97. The summed E-state index contributed by atoms with van der Waals surface area (Å²) in [5, 5.41) is 4.23. The van der Waals surface area contributed by atoms with Gasteiger partial charge in [-0.1, -0.05) is 13.8 Å². The van der Waals surface area contributed by atoms with Crippen molar-refractivity contribution in [1.29, 1.82) is 0 Å². The standard InChI is InChI=1S/C9H15NS.ClH/c1-3-9(10,4-2)8-5-6-11-7-8;/h5-7H,3-4,10H2,1-2H3;1H. The summed E-state index contributed by atoms with van der Waals surface area (Å²) in [4.78, 5) is 0. The molecule has 0 aliphatic carbocycles. The Morgan fingerprint density at radius 3 is 2.33 bits per heavy atom. The lowest BCUT2D eigenvalue weighted by Crippen LogP contribution is -2.34. The molecule has 12 heavy (non-hydrogen) atoms. The minimum Gasteiger partial charge on any atom is -0.321 e. The Morgan fingerprint density at radius 1 is 1.42 bits per heavy atom. The molecule has 1 nitrogen and oxygen atoms in total. The van der Waals surface area contributed by atoms with E-state index in [1.54, 1.807) is 11.3 Å². The summed E-state index contributed by atoms with van der Waals surface area (Å²) < 4.78 is 0. The van der Waals surface area contributed by atoms with Gasteiger partial charge in [0.15, 0.2) is 0 Å². The highest BCUT2D eigenvalue weighted by Gasteiger charge is 2.22. The maximum Gasteiger partial charge on any atom is 0.0412 e. The fraction of sp³-hybridized carbons (Fsp3) is 0.556. The van der Waals surface area contributed by atoms with E-state index in [1.807, 2.05) is 0 Å². The molecule has 1 rings (SSSR count). The number of rotatable bonds is 3. The first-order chi connectivity index (χ1) is 5.23. The van der Waals surface area contributed by atoms with Gasteiger partial charge in [0.05, 0.1) is 0 Å². The van der Waals surface area contributed by atoms with Gasteiger partial charge < -0.3 is 5.73 Å². The third-order valence-electron chi connectivity index (χ3n) is 2.36. The molecule has 0 aliphatic rings. The number of thiophene rings is 1. The zero-order chi connectivity index (χ0) is 8.32. The van der Waals surface area contributed by atoms with E-state index in [1.165, 1.54) is 5.56 Å². The molecule has 0 radical (unpaired) electrons. The molecule has 0 fully saturated rings. The Labute approximate surface area is 84.4 Å². The third-order valence-corrected chi connectivity index (χ3v) is 3.04. The first-order valence-corrected chi connectivity index (χ1v) is 4.98. The average Bonchev–Trinajstić information content (AvgIpc) is 2.55. The van der Waals surface area contributed by atoms with E-state index >= 15 is 0 Å². The van der Waals surface area contributed by atoms with Crippen molar-refractivity contribution in [1.82, 2.24) is 0 Å². The molecule has 1 heterocycles. The van der Waals surface area contributed by atoms with Crippen molar-refractivity contribution in [3.8, 4) is 0 Å². The van der Waals surface area contributed by atoms with Crippen LogP contribution < -0.4 is 5.73 Å². The normalized spacial score (nSPS) is 10.9. The van der Waals surface area contributed by atoms with Crippen LogP contribution in [0.15, 0.2) is 16.8 Å².